The molecule has 0 aliphatic rings. The van der Waals surface area contributed by atoms with E-state index in [2.05, 4.69) is 15.9 Å². The highest BCUT2D eigenvalue weighted by Crippen LogP contribution is 2.38. The first-order valence-electron chi connectivity index (χ1n) is 4.97. The van der Waals surface area contributed by atoms with Crippen molar-refractivity contribution >= 4 is 21.6 Å². The zero-order valence-electron chi connectivity index (χ0n) is 9.42. The number of nitrogens with zero attached hydrogens (tertiary/aromatic N) is 1. The largest absolute Gasteiger partial charge is 0.418 e. The minimum atomic E-state index is -4.40. The first kappa shape index (κ1) is 14.3. The Bertz CT molecular complexity index is 395. The zero-order chi connectivity index (χ0) is 13.2. The van der Waals surface area contributed by atoms with Crippen LogP contribution in [0.25, 0.3) is 0 Å². The second-order valence-electron chi connectivity index (χ2n) is 3.80. The number of aliphatic hydroxyl groups excluding tert-OH is 1. The average Bonchev–Trinajstić information content (AvgIpc) is 2.25. The van der Waals surface area contributed by atoms with Crippen LogP contribution in [0.1, 0.15) is 12.5 Å². The summed E-state index contributed by atoms with van der Waals surface area (Å²) in [5.74, 6) is 0. The van der Waals surface area contributed by atoms with Crippen molar-refractivity contribution < 1.29 is 18.3 Å². The fraction of sp³-hybridized carbons (Fsp3) is 0.455. The SMILES string of the molecule is CC(CO)N(C)c1cc(Br)ccc1C(F)(F)F. The lowest BCUT2D eigenvalue weighted by atomic mass is 10.1. The Hall–Kier alpha value is -0.750. The number of likely N-dealkylation sites (N-methyl/N-ethyl adjacent to an activating group) is 1. The third-order valence-electron chi connectivity index (χ3n) is 2.57. The molecule has 0 aliphatic carbocycles. The van der Waals surface area contributed by atoms with Crippen LogP contribution < -0.4 is 4.90 Å². The molecule has 0 saturated heterocycles. The summed E-state index contributed by atoms with van der Waals surface area (Å²) >= 11 is 3.15. The smallest absolute Gasteiger partial charge is 0.394 e. The standard InChI is InChI=1S/C11H13BrF3NO/c1-7(6-17)16(2)10-5-8(12)3-4-9(10)11(13,14)15/h3-5,7,17H,6H2,1-2H3. The van der Waals surface area contributed by atoms with Gasteiger partial charge in [0.25, 0.3) is 0 Å². The number of aliphatic hydroxyl groups is 1. The monoisotopic (exact) mass is 311 g/mol. The highest BCUT2D eigenvalue weighted by atomic mass is 79.9. The molecule has 96 valence electrons. The molecule has 0 amide bonds. The summed E-state index contributed by atoms with van der Waals surface area (Å²) in [4.78, 5) is 1.41. The third kappa shape index (κ3) is 3.35. The van der Waals surface area contributed by atoms with Gasteiger partial charge < -0.3 is 10.0 Å². The molecule has 0 fully saturated rings. The normalized spacial score (nSPS) is 13.6. The first-order chi connectivity index (χ1) is 7.77. The van der Waals surface area contributed by atoms with Gasteiger partial charge in [-0.15, -0.1) is 0 Å². The molecule has 1 unspecified atom stereocenters. The molecular weight excluding hydrogens is 299 g/mol. The average molecular weight is 312 g/mol. The molecule has 0 heterocycles. The van der Waals surface area contributed by atoms with Crippen molar-refractivity contribution in [2.45, 2.75) is 19.1 Å². The molecule has 0 spiro atoms. The van der Waals surface area contributed by atoms with Gasteiger partial charge in [-0.25, -0.2) is 0 Å². The summed E-state index contributed by atoms with van der Waals surface area (Å²) in [7, 11) is 1.53. The summed E-state index contributed by atoms with van der Waals surface area (Å²) in [5, 5.41) is 8.99. The van der Waals surface area contributed by atoms with E-state index in [-0.39, 0.29) is 18.3 Å². The molecule has 0 radical (unpaired) electrons. The number of alkyl halides is 3. The van der Waals surface area contributed by atoms with Crippen molar-refractivity contribution in [2.75, 3.05) is 18.6 Å². The van der Waals surface area contributed by atoms with Crippen LogP contribution in [0.2, 0.25) is 0 Å². The highest BCUT2D eigenvalue weighted by Gasteiger charge is 2.34. The van der Waals surface area contributed by atoms with Crippen LogP contribution in [0.4, 0.5) is 18.9 Å². The minimum absolute atomic E-state index is 0.0495. The van der Waals surface area contributed by atoms with Crippen molar-refractivity contribution in [3.8, 4) is 0 Å². The zero-order valence-corrected chi connectivity index (χ0v) is 11.0. The lowest BCUT2D eigenvalue weighted by Crippen LogP contribution is -2.33. The summed E-state index contributed by atoms with van der Waals surface area (Å²) in [6.45, 7) is 1.45. The van der Waals surface area contributed by atoms with Crippen LogP contribution in [0.5, 0.6) is 0 Å². The van der Waals surface area contributed by atoms with E-state index in [1.54, 1.807) is 6.92 Å². The fourth-order valence-electron chi connectivity index (χ4n) is 1.40. The maximum atomic E-state index is 12.8. The number of hydrogen-bond donors (Lipinski definition) is 1. The van der Waals surface area contributed by atoms with Crippen LogP contribution >= 0.6 is 15.9 Å². The van der Waals surface area contributed by atoms with E-state index in [9.17, 15) is 13.2 Å². The highest BCUT2D eigenvalue weighted by molar-refractivity contribution is 9.10. The number of hydrogen-bond acceptors (Lipinski definition) is 2. The van der Waals surface area contributed by atoms with Crippen LogP contribution in [-0.2, 0) is 6.18 Å². The molecule has 1 aromatic carbocycles. The van der Waals surface area contributed by atoms with E-state index >= 15 is 0 Å². The van der Waals surface area contributed by atoms with E-state index in [1.807, 2.05) is 0 Å². The maximum absolute atomic E-state index is 12.8. The second-order valence-corrected chi connectivity index (χ2v) is 4.72. The van der Waals surface area contributed by atoms with Gasteiger partial charge in [0.1, 0.15) is 0 Å². The Morgan fingerprint density at radius 3 is 2.47 bits per heavy atom. The third-order valence-corrected chi connectivity index (χ3v) is 3.06. The Morgan fingerprint density at radius 1 is 1.41 bits per heavy atom. The van der Waals surface area contributed by atoms with Crippen molar-refractivity contribution in [3.05, 3.63) is 28.2 Å². The van der Waals surface area contributed by atoms with Crippen LogP contribution in [0.15, 0.2) is 22.7 Å². The van der Waals surface area contributed by atoms with Crippen LogP contribution in [-0.4, -0.2) is 24.8 Å². The van der Waals surface area contributed by atoms with Gasteiger partial charge in [-0.05, 0) is 25.1 Å². The predicted molar refractivity (Wildman–Crippen MR) is 64.1 cm³/mol. The quantitative estimate of drug-likeness (QED) is 0.926. The van der Waals surface area contributed by atoms with E-state index < -0.39 is 11.7 Å². The molecule has 6 heteroatoms. The van der Waals surface area contributed by atoms with E-state index in [0.29, 0.717) is 4.47 Å². The Morgan fingerprint density at radius 2 is 2.00 bits per heavy atom. The molecule has 1 atom stereocenters. The summed E-state index contributed by atoms with van der Waals surface area (Å²) < 4.78 is 39.0. The molecule has 0 aliphatic heterocycles. The molecule has 0 bridgehead atoms. The van der Waals surface area contributed by atoms with Crippen molar-refractivity contribution in [2.24, 2.45) is 0 Å². The van der Waals surface area contributed by atoms with Gasteiger partial charge in [-0.3, -0.25) is 0 Å². The Labute approximate surface area is 106 Å². The van der Waals surface area contributed by atoms with E-state index in [4.69, 9.17) is 5.11 Å². The molecule has 2 nitrogen and oxygen atoms in total. The van der Waals surface area contributed by atoms with Gasteiger partial charge in [0.15, 0.2) is 0 Å². The van der Waals surface area contributed by atoms with Gasteiger partial charge in [-0.2, -0.15) is 13.2 Å². The van der Waals surface area contributed by atoms with Crippen LogP contribution in [0, 0.1) is 0 Å². The topological polar surface area (TPSA) is 23.5 Å². The predicted octanol–water partition coefficient (Wildman–Crippen LogP) is 3.28. The summed E-state index contributed by atoms with van der Waals surface area (Å²) in [6.07, 6.45) is -4.40. The van der Waals surface area contributed by atoms with Crippen molar-refractivity contribution in [1.29, 1.82) is 0 Å². The van der Waals surface area contributed by atoms with Gasteiger partial charge in [0.2, 0.25) is 0 Å². The lowest BCUT2D eigenvalue weighted by molar-refractivity contribution is -0.137. The molecular formula is C11H13BrF3NO. The van der Waals surface area contributed by atoms with Gasteiger partial charge >= 0.3 is 6.18 Å². The first-order valence-corrected chi connectivity index (χ1v) is 5.77. The Balaban J connectivity index is 3.25. The second kappa shape index (κ2) is 5.27. The number of anilines is 1. The number of benzene rings is 1. The molecule has 17 heavy (non-hydrogen) atoms. The van der Waals surface area contributed by atoms with Crippen molar-refractivity contribution in [3.63, 3.8) is 0 Å². The van der Waals surface area contributed by atoms with Gasteiger partial charge in [-0.1, -0.05) is 15.9 Å². The molecule has 1 N–H and O–H groups in total. The number of halogens is 4. The van der Waals surface area contributed by atoms with E-state index in [0.717, 1.165) is 6.07 Å². The van der Waals surface area contributed by atoms with Gasteiger partial charge in [0.05, 0.1) is 17.9 Å². The van der Waals surface area contributed by atoms with Gasteiger partial charge in [0, 0.05) is 17.6 Å². The Kier molecular flexibility index (Phi) is 4.43. The molecule has 0 aromatic heterocycles. The van der Waals surface area contributed by atoms with Crippen molar-refractivity contribution in [1.82, 2.24) is 0 Å². The molecule has 1 rings (SSSR count). The minimum Gasteiger partial charge on any atom is -0.394 e. The lowest BCUT2D eigenvalue weighted by Gasteiger charge is -2.28. The van der Waals surface area contributed by atoms with Crippen LogP contribution in [0.3, 0.4) is 0 Å². The number of rotatable bonds is 3. The maximum Gasteiger partial charge on any atom is 0.418 e. The molecule has 0 saturated carbocycles. The fourth-order valence-corrected chi connectivity index (χ4v) is 1.75. The summed E-state index contributed by atoms with van der Waals surface area (Å²) in [5.41, 5.74) is -0.656. The van der Waals surface area contributed by atoms with E-state index in [1.165, 1.54) is 24.1 Å². The molecule has 1 aromatic rings. The summed E-state index contributed by atoms with van der Waals surface area (Å²) in [6, 6.07) is 3.39.